The summed E-state index contributed by atoms with van der Waals surface area (Å²) in [5, 5.41) is 6.74. The Morgan fingerprint density at radius 3 is 3.00 bits per heavy atom. The topological polar surface area (TPSA) is 110 Å². The van der Waals surface area contributed by atoms with E-state index in [9.17, 15) is 9.59 Å². The molecule has 2 aliphatic rings. The molecule has 0 unspecified atom stereocenters. The Bertz CT molecular complexity index is 804. The van der Waals surface area contributed by atoms with Crippen LogP contribution in [0.3, 0.4) is 0 Å². The van der Waals surface area contributed by atoms with Crippen molar-refractivity contribution in [1.82, 2.24) is 25.3 Å². The van der Waals surface area contributed by atoms with E-state index in [-0.39, 0.29) is 25.0 Å². The monoisotopic (exact) mass is 357 g/mol. The summed E-state index contributed by atoms with van der Waals surface area (Å²) >= 11 is 0. The highest BCUT2D eigenvalue weighted by Crippen LogP contribution is 2.38. The van der Waals surface area contributed by atoms with E-state index in [1.165, 1.54) is 4.90 Å². The smallest absolute Gasteiger partial charge is 0.254 e. The summed E-state index contributed by atoms with van der Waals surface area (Å²) in [5.74, 6) is 0.925. The fourth-order valence-corrected chi connectivity index (χ4v) is 2.92. The minimum absolute atomic E-state index is 0.158. The average Bonchev–Trinajstić information content (AvgIpc) is 3.41. The Morgan fingerprint density at radius 2 is 2.27 bits per heavy atom. The number of carbonyl (C=O) groups is 2. The second-order valence-electron chi connectivity index (χ2n) is 6.58. The first-order valence-corrected chi connectivity index (χ1v) is 8.50. The standard InChI is InChI=1S/C17H19N5O4/c1-22(8-12-19-16(26-21-12)10-4-5-10)17(24)15-14(20-13(23)9-25-15)11-3-2-6-18-7-11/h2-3,6-7,10,14-15H,4-5,8-9H2,1H3,(H,20,23)/t14-,15+/m1/s1. The molecule has 136 valence electrons. The van der Waals surface area contributed by atoms with E-state index >= 15 is 0 Å². The van der Waals surface area contributed by atoms with Crippen molar-refractivity contribution in [3.63, 3.8) is 0 Å². The van der Waals surface area contributed by atoms with Crippen molar-refractivity contribution in [1.29, 1.82) is 0 Å². The lowest BCUT2D eigenvalue weighted by molar-refractivity contribution is -0.154. The van der Waals surface area contributed by atoms with Gasteiger partial charge in [0.25, 0.3) is 5.91 Å². The van der Waals surface area contributed by atoms with Crippen LogP contribution in [-0.4, -0.2) is 51.6 Å². The second-order valence-corrected chi connectivity index (χ2v) is 6.58. The summed E-state index contributed by atoms with van der Waals surface area (Å²) < 4.78 is 10.8. The Hall–Kier alpha value is -2.81. The van der Waals surface area contributed by atoms with Crippen LogP contribution in [0.15, 0.2) is 29.0 Å². The number of aromatic nitrogens is 3. The molecule has 9 heteroatoms. The van der Waals surface area contributed by atoms with E-state index in [2.05, 4.69) is 20.4 Å². The zero-order valence-corrected chi connectivity index (χ0v) is 14.3. The number of hydrogen-bond acceptors (Lipinski definition) is 7. The number of amides is 2. The van der Waals surface area contributed by atoms with Crippen molar-refractivity contribution in [2.45, 2.75) is 37.5 Å². The fourth-order valence-electron chi connectivity index (χ4n) is 2.92. The third-order valence-corrected chi connectivity index (χ3v) is 4.47. The zero-order chi connectivity index (χ0) is 18.1. The highest BCUT2D eigenvalue weighted by molar-refractivity contribution is 5.86. The summed E-state index contributed by atoms with van der Waals surface area (Å²) in [6, 6.07) is 2.96. The minimum Gasteiger partial charge on any atom is -0.356 e. The van der Waals surface area contributed by atoms with Crippen LogP contribution < -0.4 is 5.32 Å². The first kappa shape index (κ1) is 16.6. The number of nitrogens with zero attached hydrogens (tertiary/aromatic N) is 4. The van der Waals surface area contributed by atoms with E-state index in [0.29, 0.717) is 23.2 Å². The van der Waals surface area contributed by atoms with Crippen LogP contribution in [0.2, 0.25) is 0 Å². The number of morpholine rings is 1. The van der Waals surface area contributed by atoms with Gasteiger partial charge in [0.1, 0.15) is 6.61 Å². The molecule has 0 radical (unpaired) electrons. The highest BCUT2D eigenvalue weighted by atomic mass is 16.5. The average molecular weight is 357 g/mol. The maximum absolute atomic E-state index is 12.9. The molecular weight excluding hydrogens is 338 g/mol. The molecule has 9 nitrogen and oxygen atoms in total. The first-order valence-electron chi connectivity index (χ1n) is 8.50. The molecule has 2 atom stereocenters. The molecule has 2 fully saturated rings. The third kappa shape index (κ3) is 3.43. The maximum atomic E-state index is 12.9. The van der Waals surface area contributed by atoms with Gasteiger partial charge in [-0.25, -0.2) is 0 Å². The Kier molecular flexibility index (Phi) is 4.37. The van der Waals surface area contributed by atoms with Crippen molar-refractivity contribution in [2.75, 3.05) is 13.7 Å². The first-order chi connectivity index (χ1) is 12.6. The Morgan fingerprint density at radius 1 is 1.42 bits per heavy atom. The number of hydrogen-bond donors (Lipinski definition) is 1. The van der Waals surface area contributed by atoms with Crippen molar-refractivity contribution < 1.29 is 18.8 Å². The molecule has 0 spiro atoms. The molecule has 1 saturated carbocycles. The van der Waals surface area contributed by atoms with Gasteiger partial charge in [0.2, 0.25) is 11.8 Å². The number of pyridine rings is 1. The van der Waals surface area contributed by atoms with E-state index in [0.717, 1.165) is 12.8 Å². The summed E-state index contributed by atoms with van der Waals surface area (Å²) in [7, 11) is 1.65. The lowest BCUT2D eigenvalue weighted by Crippen LogP contribution is -2.52. The van der Waals surface area contributed by atoms with Crippen LogP contribution in [0.1, 0.15) is 42.1 Å². The fraction of sp³-hybridized carbons (Fsp3) is 0.471. The number of ether oxygens (including phenoxy) is 1. The maximum Gasteiger partial charge on any atom is 0.254 e. The predicted molar refractivity (Wildman–Crippen MR) is 87.6 cm³/mol. The number of carbonyl (C=O) groups excluding carboxylic acids is 2. The molecule has 1 aliphatic carbocycles. The van der Waals surface area contributed by atoms with E-state index in [1.807, 2.05) is 0 Å². The summed E-state index contributed by atoms with van der Waals surface area (Å²) in [6.07, 6.45) is 4.54. The van der Waals surface area contributed by atoms with Gasteiger partial charge >= 0.3 is 0 Å². The highest BCUT2D eigenvalue weighted by Gasteiger charge is 2.38. The second kappa shape index (κ2) is 6.83. The molecule has 0 aromatic carbocycles. The van der Waals surface area contributed by atoms with Crippen LogP contribution in [0.25, 0.3) is 0 Å². The van der Waals surface area contributed by atoms with E-state index < -0.39 is 12.1 Å². The third-order valence-electron chi connectivity index (χ3n) is 4.47. The van der Waals surface area contributed by atoms with Gasteiger partial charge in [-0.05, 0) is 24.5 Å². The van der Waals surface area contributed by atoms with Crippen molar-refractivity contribution in [3.8, 4) is 0 Å². The van der Waals surface area contributed by atoms with Crippen molar-refractivity contribution in [3.05, 3.63) is 41.8 Å². The molecule has 4 rings (SSSR count). The number of likely N-dealkylation sites (N-methyl/N-ethyl adjacent to an activating group) is 1. The molecule has 3 heterocycles. The quantitative estimate of drug-likeness (QED) is 0.832. The van der Waals surface area contributed by atoms with Crippen molar-refractivity contribution in [2.24, 2.45) is 0 Å². The van der Waals surface area contributed by atoms with Crippen molar-refractivity contribution >= 4 is 11.8 Å². The van der Waals surface area contributed by atoms with Gasteiger partial charge in [0.05, 0.1) is 12.6 Å². The summed E-state index contributed by atoms with van der Waals surface area (Å²) in [5.41, 5.74) is 0.711. The van der Waals surface area contributed by atoms with Crippen LogP contribution in [0, 0.1) is 0 Å². The number of nitrogens with one attached hydrogen (secondary N) is 1. The van der Waals surface area contributed by atoms with Gasteiger partial charge in [0.15, 0.2) is 11.9 Å². The Balaban J connectivity index is 1.47. The molecule has 26 heavy (non-hydrogen) atoms. The van der Waals surface area contributed by atoms with Gasteiger partial charge in [-0.3, -0.25) is 14.6 Å². The van der Waals surface area contributed by atoms with Gasteiger partial charge in [-0.1, -0.05) is 11.2 Å². The van der Waals surface area contributed by atoms with Gasteiger partial charge in [0, 0.05) is 25.4 Å². The minimum atomic E-state index is -0.836. The van der Waals surface area contributed by atoms with Crippen LogP contribution in [0.5, 0.6) is 0 Å². The lowest BCUT2D eigenvalue weighted by atomic mass is 10.0. The van der Waals surface area contributed by atoms with Crippen LogP contribution in [0.4, 0.5) is 0 Å². The van der Waals surface area contributed by atoms with E-state index in [1.54, 1.807) is 31.6 Å². The SMILES string of the molecule is CN(Cc1noc(C2CC2)n1)C(=O)[C@H]1OCC(=O)N[C@@H]1c1cccnc1. The summed E-state index contributed by atoms with van der Waals surface area (Å²) in [4.78, 5) is 34.5. The largest absolute Gasteiger partial charge is 0.356 e. The number of rotatable bonds is 5. The molecule has 2 aromatic heterocycles. The molecule has 0 bridgehead atoms. The molecule has 1 N–H and O–H groups in total. The Labute approximate surface area is 149 Å². The van der Waals surface area contributed by atoms with E-state index in [4.69, 9.17) is 9.26 Å². The van der Waals surface area contributed by atoms with Gasteiger partial charge in [-0.15, -0.1) is 0 Å². The molecule has 1 aliphatic heterocycles. The molecule has 2 aromatic rings. The predicted octanol–water partition coefficient (Wildman–Crippen LogP) is 0.557. The zero-order valence-electron chi connectivity index (χ0n) is 14.3. The van der Waals surface area contributed by atoms with Crippen LogP contribution >= 0.6 is 0 Å². The van der Waals surface area contributed by atoms with Crippen LogP contribution in [-0.2, 0) is 20.9 Å². The van der Waals surface area contributed by atoms with Gasteiger partial charge < -0.3 is 19.5 Å². The normalized spacial score (nSPS) is 22.7. The summed E-state index contributed by atoms with van der Waals surface area (Å²) in [6.45, 7) is 0.0532. The lowest BCUT2D eigenvalue weighted by Gasteiger charge is -2.33. The van der Waals surface area contributed by atoms with Gasteiger partial charge in [-0.2, -0.15) is 4.98 Å². The molecule has 1 saturated heterocycles. The molecular formula is C17H19N5O4. The molecule has 2 amide bonds.